The van der Waals surface area contributed by atoms with E-state index >= 15 is 0 Å². The van der Waals surface area contributed by atoms with Crippen molar-refractivity contribution in [2.24, 2.45) is 5.92 Å². The molecule has 128 valence electrons. The predicted molar refractivity (Wildman–Crippen MR) is 95.3 cm³/mol. The number of piperidine rings is 1. The first-order valence-electron chi connectivity index (χ1n) is 9.41. The van der Waals surface area contributed by atoms with Gasteiger partial charge in [-0.05, 0) is 36.6 Å². The van der Waals surface area contributed by atoms with Gasteiger partial charge in [0.2, 0.25) is 5.91 Å². The molecule has 4 atom stereocenters. The Morgan fingerprint density at radius 2 is 2.20 bits per heavy atom. The van der Waals surface area contributed by atoms with Crippen molar-refractivity contribution in [3.8, 4) is 0 Å². The van der Waals surface area contributed by atoms with Gasteiger partial charge in [0, 0.05) is 36.0 Å². The first-order chi connectivity index (χ1) is 12.3. The molecule has 1 aromatic rings. The summed E-state index contributed by atoms with van der Waals surface area (Å²) in [6.45, 7) is 2.16. The third-order valence-electron chi connectivity index (χ3n) is 7.40. The number of fused-ring (bicyclic) bond motifs is 4. The minimum Gasteiger partial charge on any atom is -0.392 e. The zero-order chi connectivity index (χ0) is 16.8. The number of carbonyl (C=O) groups is 1. The van der Waals surface area contributed by atoms with Gasteiger partial charge in [0.15, 0.2) is 0 Å². The van der Waals surface area contributed by atoms with Crippen LogP contribution in [0.25, 0.3) is 0 Å². The lowest BCUT2D eigenvalue weighted by Gasteiger charge is -2.54. The van der Waals surface area contributed by atoms with Crippen molar-refractivity contribution < 1.29 is 9.90 Å². The fraction of sp³-hybridized carbons (Fsp3) is 0.476. The van der Waals surface area contributed by atoms with Crippen LogP contribution in [0, 0.1) is 5.92 Å². The van der Waals surface area contributed by atoms with Crippen LogP contribution in [0.2, 0.25) is 0 Å². The minimum absolute atomic E-state index is 0.0692. The molecule has 25 heavy (non-hydrogen) atoms. The number of benzene rings is 1. The Hall–Kier alpha value is -1.91. The molecule has 2 bridgehead atoms. The molecule has 1 saturated carbocycles. The first-order valence-corrected chi connectivity index (χ1v) is 9.41. The number of carbonyl (C=O) groups excluding carboxylic acids is 1. The van der Waals surface area contributed by atoms with E-state index in [1.165, 1.54) is 16.7 Å². The molecule has 1 aromatic carbocycles. The summed E-state index contributed by atoms with van der Waals surface area (Å²) in [6.07, 6.45) is 6.99. The van der Waals surface area contributed by atoms with Crippen LogP contribution in [0.1, 0.15) is 24.8 Å². The highest BCUT2D eigenvalue weighted by atomic mass is 16.2. The zero-order valence-electron chi connectivity index (χ0n) is 14.2. The Labute approximate surface area is 147 Å². The van der Waals surface area contributed by atoms with Crippen LogP contribution >= 0.6 is 0 Å². The molecule has 1 spiro atoms. The Kier molecular flexibility index (Phi) is 2.64. The number of rotatable bonds is 1. The highest BCUT2D eigenvalue weighted by molar-refractivity contribution is 6.00. The standard InChI is InChI=1S/C21H22N2O2/c24-10-7-13-12-22-9-8-21-16-3-1-2-4-17(16)23-19(25)6-5-14(20(21)23)15(13)11-18(21)22/h1-5,7,15,18,20,24H,6,8-12H2/b13-7-. The van der Waals surface area contributed by atoms with E-state index in [1.807, 2.05) is 6.08 Å². The van der Waals surface area contributed by atoms with E-state index < -0.39 is 0 Å². The van der Waals surface area contributed by atoms with Gasteiger partial charge < -0.3 is 10.0 Å². The monoisotopic (exact) mass is 334 g/mol. The van der Waals surface area contributed by atoms with Gasteiger partial charge in [0.05, 0.1) is 12.6 Å². The van der Waals surface area contributed by atoms with E-state index in [4.69, 9.17) is 0 Å². The number of hydrogen-bond donors (Lipinski definition) is 1. The van der Waals surface area contributed by atoms with E-state index in [0.717, 1.165) is 31.6 Å². The fourth-order valence-electron chi connectivity index (χ4n) is 6.62. The Bertz CT molecular complexity index is 857. The molecule has 6 rings (SSSR count). The average Bonchev–Trinajstić information content (AvgIpc) is 3.17. The van der Waals surface area contributed by atoms with Gasteiger partial charge in [-0.3, -0.25) is 9.69 Å². The summed E-state index contributed by atoms with van der Waals surface area (Å²) in [5.74, 6) is 0.638. The lowest BCUT2D eigenvalue weighted by Crippen LogP contribution is -2.62. The summed E-state index contributed by atoms with van der Waals surface area (Å²) in [5, 5.41) is 9.50. The molecule has 0 radical (unpaired) electrons. The van der Waals surface area contributed by atoms with E-state index in [1.54, 1.807) is 0 Å². The molecule has 1 N–H and O–H groups in total. The third kappa shape index (κ3) is 1.50. The molecule has 0 aromatic heterocycles. The number of anilines is 1. The molecule has 1 amide bonds. The van der Waals surface area contributed by atoms with Gasteiger partial charge in [-0.2, -0.15) is 0 Å². The maximum absolute atomic E-state index is 12.9. The SMILES string of the molecule is O=C1CC=C2C3CC4N(CCC45c4ccccc4N1C25)C/C3=C/CO. The second-order valence-electron chi connectivity index (χ2n) is 8.12. The summed E-state index contributed by atoms with van der Waals surface area (Å²) in [7, 11) is 0. The predicted octanol–water partition coefficient (Wildman–Crippen LogP) is 2.00. The molecule has 4 heterocycles. The molecule has 3 fully saturated rings. The second kappa shape index (κ2) is 4.63. The summed E-state index contributed by atoms with van der Waals surface area (Å²) in [4.78, 5) is 17.6. The van der Waals surface area contributed by atoms with Gasteiger partial charge in [-0.15, -0.1) is 0 Å². The molecular weight excluding hydrogens is 312 g/mol. The topological polar surface area (TPSA) is 43.8 Å². The molecule has 1 aliphatic carbocycles. The largest absolute Gasteiger partial charge is 0.392 e. The number of para-hydroxylation sites is 1. The zero-order valence-corrected chi connectivity index (χ0v) is 14.2. The van der Waals surface area contributed by atoms with Crippen LogP contribution in [-0.2, 0) is 10.2 Å². The molecule has 4 unspecified atom stereocenters. The fourth-order valence-corrected chi connectivity index (χ4v) is 6.62. The van der Waals surface area contributed by atoms with Gasteiger partial charge in [0.25, 0.3) is 0 Å². The van der Waals surface area contributed by atoms with Crippen molar-refractivity contribution in [3.05, 3.63) is 53.1 Å². The Balaban J connectivity index is 1.64. The number of nitrogens with zero attached hydrogens (tertiary/aromatic N) is 2. The van der Waals surface area contributed by atoms with Crippen molar-refractivity contribution >= 4 is 11.6 Å². The lowest BCUT2D eigenvalue weighted by molar-refractivity contribution is -0.118. The average molecular weight is 334 g/mol. The van der Waals surface area contributed by atoms with Crippen molar-refractivity contribution in [1.29, 1.82) is 0 Å². The molecule has 2 saturated heterocycles. The summed E-state index contributed by atoms with van der Waals surface area (Å²) < 4.78 is 0. The van der Waals surface area contributed by atoms with Crippen LogP contribution in [0.15, 0.2) is 47.6 Å². The van der Waals surface area contributed by atoms with Crippen LogP contribution in [-0.4, -0.2) is 47.7 Å². The number of aliphatic hydroxyl groups is 1. The normalized spacial score (nSPS) is 39.5. The van der Waals surface area contributed by atoms with E-state index in [2.05, 4.69) is 40.1 Å². The van der Waals surface area contributed by atoms with Crippen LogP contribution in [0.3, 0.4) is 0 Å². The summed E-state index contributed by atoms with van der Waals surface area (Å²) in [6, 6.07) is 9.29. The highest BCUT2D eigenvalue weighted by Crippen LogP contribution is 2.63. The van der Waals surface area contributed by atoms with E-state index in [9.17, 15) is 9.90 Å². The van der Waals surface area contributed by atoms with E-state index in [0.29, 0.717) is 18.4 Å². The third-order valence-corrected chi connectivity index (χ3v) is 7.40. The Morgan fingerprint density at radius 1 is 1.32 bits per heavy atom. The van der Waals surface area contributed by atoms with Crippen molar-refractivity contribution in [3.63, 3.8) is 0 Å². The van der Waals surface area contributed by atoms with Gasteiger partial charge in [-0.1, -0.05) is 35.9 Å². The maximum atomic E-state index is 12.9. The number of aliphatic hydroxyl groups excluding tert-OH is 1. The van der Waals surface area contributed by atoms with Crippen LogP contribution in [0.4, 0.5) is 5.69 Å². The highest BCUT2D eigenvalue weighted by Gasteiger charge is 2.67. The number of hydrogen-bond acceptors (Lipinski definition) is 3. The maximum Gasteiger partial charge on any atom is 0.231 e. The van der Waals surface area contributed by atoms with Gasteiger partial charge in [0.1, 0.15) is 0 Å². The minimum atomic E-state index is 0.0692. The quantitative estimate of drug-likeness (QED) is 0.799. The van der Waals surface area contributed by atoms with Gasteiger partial charge >= 0.3 is 0 Å². The second-order valence-corrected chi connectivity index (χ2v) is 8.12. The van der Waals surface area contributed by atoms with Crippen molar-refractivity contribution in [2.45, 2.75) is 36.8 Å². The van der Waals surface area contributed by atoms with Crippen molar-refractivity contribution in [1.82, 2.24) is 4.90 Å². The molecular formula is C21H22N2O2. The molecule has 4 heteroatoms. The molecule has 4 aliphatic heterocycles. The van der Waals surface area contributed by atoms with Gasteiger partial charge in [-0.25, -0.2) is 0 Å². The first kappa shape index (κ1) is 14.3. The van der Waals surface area contributed by atoms with E-state index in [-0.39, 0.29) is 24.0 Å². The Morgan fingerprint density at radius 3 is 3.08 bits per heavy atom. The molecule has 4 nitrogen and oxygen atoms in total. The van der Waals surface area contributed by atoms with Crippen molar-refractivity contribution in [2.75, 3.05) is 24.6 Å². The summed E-state index contributed by atoms with van der Waals surface area (Å²) in [5.41, 5.74) is 5.39. The summed E-state index contributed by atoms with van der Waals surface area (Å²) >= 11 is 0. The lowest BCUT2D eigenvalue weighted by atomic mass is 9.57. The number of amides is 1. The van der Waals surface area contributed by atoms with Crippen LogP contribution in [0.5, 0.6) is 0 Å². The molecule has 5 aliphatic rings. The van der Waals surface area contributed by atoms with Crippen LogP contribution < -0.4 is 4.90 Å². The smallest absolute Gasteiger partial charge is 0.231 e.